The van der Waals surface area contributed by atoms with Gasteiger partial charge in [0.1, 0.15) is 0 Å². The van der Waals surface area contributed by atoms with Crippen molar-refractivity contribution in [3.05, 3.63) is 59.7 Å². The molecule has 0 aliphatic rings. The van der Waals surface area contributed by atoms with Crippen LogP contribution < -0.4 is 5.19 Å². The summed E-state index contributed by atoms with van der Waals surface area (Å²) in [5.41, 5.74) is 2.28. The molecule has 0 heterocycles. The third-order valence-corrected chi connectivity index (χ3v) is 6.76. The van der Waals surface area contributed by atoms with Crippen molar-refractivity contribution in [2.24, 2.45) is 0 Å². The van der Waals surface area contributed by atoms with E-state index in [1.165, 1.54) is 0 Å². The predicted octanol–water partition coefficient (Wildman–Crippen LogP) is 1.42. The van der Waals surface area contributed by atoms with Crippen LogP contribution in [-0.2, 0) is 14.0 Å². The summed E-state index contributed by atoms with van der Waals surface area (Å²) in [5.74, 6) is 0. The summed E-state index contributed by atoms with van der Waals surface area (Å²) < 4.78 is 29.3. The molecule has 3 nitrogen and oxygen atoms in total. The van der Waals surface area contributed by atoms with Crippen LogP contribution in [0.3, 0.4) is 0 Å². The Hall–Kier alpha value is -1.43. The fraction of sp³-hybridized carbons (Fsp3) is 0.143. The van der Waals surface area contributed by atoms with Crippen molar-refractivity contribution in [3.8, 4) is 0 Å². The van der Waals surface area contributed by atoms with E-state index in [-0.39, 0.29) is 4.90 Å². The van der Waals surface area contributed by atoms with Crippen molar-refractivity contribution >= 4 is 25.1 Å². The predicted molar refractivity (Wildman–Crippen MR) is 78.8 cm³/mol. The number of hydrogen-bond donors (Lipinski definition) is 0. The molecule has 0 saturated heterocycles. The highest BCUT2D eigenvalue weighted by Crippen LogP contribution is 2.11. The maximum atomic E-state index is 12.0. The molecule has 2 aromatic rings. The molecule has 0 aliphatic heterocycles. The summed E-state index contributed by atoms with van der Waals surface area (Å²) >= 11 is 0. The largest absolute Gasteiger partial charge is 0.314 e. The molecule has 0 aliphatic carbocycles. The van der Waals surface area contributed by atoms with Crippen LogP contribution in [0.2, 0.25) is 0 Å². The van der Waals surface area contributed by atoms with Gasteiger partial charge in [-0.25, -0.2) is 0 Å². The average molecular weight is 292 g/mol. The zero-order valence-corrected chi connectivity index (χ0v) is 13.2. The molecule has 0 atom stereocenters. The van der Waals surface area contributed by atoms with Crippen LogP contribution in [0.4, 0.5) is 0 Å². The fourth-order valence-corrected chi connectivity index (χ4v) is 4.66. The molecule has 0 radical (unpaired) electrons. The summed E-state index contributed by atoms with van der Waals surface area (Å²) in [4.78, 5) is 0.216. The van der Waals surface area contributed by atoms with Crippen LogP contribution >= 0.6 is 0 Å². The van der Waals surface area contributed by atoms with E-state index in [1.54, 1.807) is 30.3 Å². The molecule has 0 aromatic heterocycles. The van der Waals surface area contributed by atoms with Crippen molar-refractivity contribution < 1.29 is 12.3 Å². The molecule has 0 saturated carbocycles. The smallest absolute Gasteiger partial charge is 0.287 e. The summed E-state index contributed by atoms with van der Waals surface area (Å²) in [6.45, 7) is 4.01. The lowest BCUT2D eigenvalue weighted by Crippen LogP contribution is -2.24. The van der Waals surface area contributed by atoms with E-state index in [4.69, 9.17) is 3.87 Å². The Bertz CT molecular complexity index is 666. The molecule has 19 heavy (non-hydrogen) atoms. The Morgan fingerprint density at radius 1 is 0.947 bits per heavy atom. The lowest BCUT2D eigenvalue weighted by Gasteiger charge is -2.09. The van der Waals surface area contributed by atoms with Crippen molar-refractivity contribution in [3.63, 3.8) is 0 Å². The quantitative estimate of drug-likeness (QED) is 0.801. The van der Waals surface area contributed by atoms with E-state index >= 15 is 0 Å². The lowest BCUT2D eigenvalue weighted by atomic mass is 10.1. The molecule has 0 bridgehead atoms. The van der Waals surface area contributed by atoms with Gasteiger partial charge in [-0.05, 0) is 42.3 Å². The summed E-state index contributed by atoms with van der Waals surface area (Å²) in [5, 5.41) is 1.03. The van der Waals surface area contributed by atoms with E-state index in [9.17, 15) is 8.42 Å². The van der Waals surface area contributed by atoms with Gasteiger partial charge in [-0.1, -0.05) is 36.4 Å². The molecule has 2 rings (SSSR count). The SMILES string of the molecule is Cc1cccc([SiH2]OS(=O)(=O)c2ccccc2)c1C. The standard InChI is InChI=1S/C14H16O3SSi/c1-11-7-6-10-14(12(11)2)19-17-18(15,16)13-8-4-3-5-9-13/h3-10H,19H2,1-2H3. The zero-order chi connectivity index (χ0) is 13.9. The second kappa shape index (κ2) is 5.69. The fourth-order valence-electron chi connectivity index (χ4n) is 1.76. The highest BCUT2D eigenvalue weighted by atomic mass is 32.2. The molecular weight excluding hydrogens is 276 g/mol. The van der Waals surface area contributed by atoms with Crippen LogP contribution in [0.25, 0.3) is 0 Å². The van der Waals surface area contributed by atoms with Gasteiger partial charge in [-0.3, -0.25) is 0 Å². The van der Waals surface area contributed by atoms with Gasteiger partial charge < -0.3 is 3.87 Å². The van der Waals surface area contributed by atoms with Crippen molar-refractivity contribution in [2.75, 3.05) is 0 Å². The third kappa shape index (κ3) is 3.31. The van der Waals surface area contributed by atoms with Gasteiger partial charge in [0.2, 0.25) is 9.76 Å². The van der Waals surface area contributed by atoms with Crippen LogP contribution in [-0.4, -0.2) is 18.2 Å². The third-order valence-electron chi connectivity index (χ3n) is 3.12. The molecular formula is C14H16O3SSi. The lowest BCUT2D eigenvalue weighted by molar-refractivity contribution is 0.504. The summed E-state index contributed by atoms with van der Waals surface area (Å²) in [6.07, 6.45) is 0. The van der Waals surface area contributed by atoms with E-state index in [0.29, 0.717) is 0 Å². The van der Waals surface area contributed by atoms with Crippen LogP contribution in [0, 0.1) is 13.8 Å². The Morgan fingerprint density at radius 3 is 2.32 bits per heavy atom. The van der Waals surface area contributed by atoms with E-state index in [0.717, 1.165) is 16.3 Å². The summed E-state index contributed by atoms with van der Waals surface area (Å²) in [7, 11) is -4.92. The topological polar surface area (TPSA) is 43.4 Å². The second-order valence-corrected chi connectivity index (χ2v) is 7.76. The minimum atomic E-state index is -3.63. The van der Waals surface area contributed by atoms with E-state index < -0.39 is 19.9 Å². The number of hydrogen-bond acceptors (Lipinski definition) is 3. The Kier molecular flexibility index (Phi) is 4.19. The monoisotopic (exact) mass is 292 g/mol. The molecule has 0 fully saturated rings. The normalized spacial score (nSPS) is 12.1. The first-order chi connectivity index (χ1) is 9.00. The zero-order valence-electron chi connectivity index (χ0n) is 11.0. The van der Waals surface area contributed by atoms with Gasteiger partial charge >= 0.3 is 0 Å². The van der Waals surface area contributed by atoms with Gasteiger partial charge in [0.15, 0.2) is 0 Å². The van der Waals surface area contributed by atoms with Gasteiger partial charge in [-0.15, -0.1) is 0 Å². The minimum Gasteiger partial charge on any atom is -0.314 e. The van der Waals surface area contributed by atoms with Crippen molar-refractivity contribution in [1.29, 1.82) is 0 Å². The van der Waals surface area contributed by atoms with Crippen molar-refractivity contribution in [2.45, 2.75) is 18.7 Å². The summed E-state index contributed by atoms with van der Waals surface area (Å²) in [6, 6.07) is 14.1. The first kappa shape index (κ1) is 14.0. The van der Waals surface area contributed by atoms with E-state index in [2.05, 4.69) is 0 Å². The van der Waals surface area contributed by atoms with Gasteiger partial charge in [0, 0.05) is 0 Å². The first-order valence-corrected chi connectivity index (χ1v) is 8.69. The Morgan fingerprint density at radius 2 is 1.63 bits per heavy atom. The Labute approximate surface area is 116 Å². The first-order valence-electron chi connectivity index (χ1n) is 6.00. The van der Waals surface area contributed by atoms with Crippen LogP contribution in [0.1, 0.15) is 11.1 Å². The molecule has 0 amide bonds. The molecule has 100 valence electrons. The van der Waals surface area contributed by atoms with Gasteiger partial charge in [0.25, 0.3) is 10.1 Å². The highest BCUT2D eigenvalue weighted by Gasteiger charge is 2.15. The van der Waals surface area contributed by atoms with E-state index in [1.807, 2.05) is 32.0 Å². The number of benzene rings is 2. The average Bonchev–Trinajstić information content (AvgIpc) is 2.41. The maximum Gasteiger partial charge on any atom is 0.287 e. The molecule has 2 aromatic carbocycles. The number of rotatable bonds is 4. The van der Waals surface area contributed by atoms with Crippen LogP contribution in [0.5, 0.6) is 0 Å². The molecule has 0 N–H and O–H groups in total. The van der Waals surface area contributed by atoms with Crippen LogP contribution in [0.15, 0.2) is 53.4 Å². The van der Waals surface area contributed by atoms with Gasteiger partial charge in [0.05, 0.1) is 4.90 Å². The Balaban J connectivity index is 2.17. The van der Waals surface area contributed by atoms with Gasteiger partial charge in [-0.2, -0.15) is 8.42 Å². The highest BCUT2D eigenvalue weighted by molar-refractivity contribution is 7.87. The maximum absolute atomic E-state index is 12.0. The second-order valence-electron chi connectivity index (χ2n) is 4.39. The van der Waals surface area contributed by atoms with Crippen molar-refractivity contribution in [1.82, 2.24) is 0 Å². The number of aryl methyl sites for hydroxylation is 1. The minimum absolute atomic E-state index is 0.216. The molecule has 0 unspecified atom stereocenters. The molecule has 0 spiro atoms. The molecule has 5 heteroatoms.